The number of unbranched alkanes of at least 4 members (excludes halogenated alkanes) is 2. The second-order valence-corrected chi connectivity index (χ2v) is 4.24. The Bertz CT molecular complexity index is 417. The molecule has 1 heterocycles. The van der Waals surface area contributed by atoms with Crippen molar-refractivity contribution in [1.82, 2.24) is 4.98 Å². The zero-order valence-electron chi connectivity index (χ0n) is 10.0. The number of carbonyl (C=O) groups is 1. The number of nitrogens with zero attached hydrogens (tertiary/aromatic N) is 2. The maximum atomic E-state index is 10.7. The Hall–Kier alpha value is -1.76. The van der Waals surface area contributed by atoms with Crippen LogP contribution >= 0.6 is 11.3 Å². The van der Waals surface area contributed by atoms with Crippen molar-refractivity contribution in [3.63, 3.8) is 0 Å². The van der Waals surface area contributed by atoms with E-state index in [2.05, 4.69) is 22.4 Å². The van der Waals surface area contributed by atoms with Crippen LogP contribution in [0.3, 0.4) is 0 Å². The highest BCUT2D eigenvalue weighted by Crippen LogP contribution is 2.14. The maximum absolute atomic E-state index is 10.7. The molecule has 1 rings (SSSR count). The molecule has 0 atom stereocenters. The Balaban J connectivity index is 2.55. The molecule has 0 aliphatic rings. The van der Waals surface area contributed by atoms with Crippen LogP contribution in [-0.2, 0) is 14.4 Å². The predicted molar refractivity (Wildman–Crippen MR) is 69.5 cm³/mol. The van der Waals surface area contributed by atoms with Crippen LogP contribution in [0.15, 0.2) is 10.5 Å². The van der Waals surface area contributed by atoms with Gasteiger partial charge in [0.25, 0.3) is 6.29 Å². The van der Waals surface area contributed by atoms with Crippen LogP contribution < -0.4 is 5.32 Å². The van der Waals surface area contributed by atoms with Crippen molar-refractivity contribution in [1.29, 1.82) is 0 Å². The van der Waals surface area contributed by atoms with Crippen LogP contribution in [0.1, 0.15) is 31.9 Å². The van der Waals surface area contributed by atoms with Gasteiger partial charge in [0, 0.05) is 5.38 Å². The van der Waals surface area contributed by atoms with Crippen molar-refractivity contribution in [3.8, 4) is 0 Å². The summed E-state index contributed by atoms with van der Waals surface area (Å²) in [5.74, 6) is 0. The van der Waals surface area contributed by atoms with Gasteiger partial charge in [-0.15, -0.1) is 11.3 Å². The summed E-state index contributed by atoms with van der Waals surface area (Å²) in [7, 11) is 0. The molecule has 1 aromatic heterocycles. The fraction of sp³-hybridized carbons (Fsp3) is 0.455. The topological polar surface area (TPSA) is 80.6 Å². The summed E-state index contributed by atoms with van der Waals surface area (Å²) >= 11 is 1.20. The normalized spacial score (nSPS) is 11.1. The molecule has 7 heteroatoms. The molecule has 1 radical (unpaired) electrons. The molecule has 97 valence electrons. The summed E-state index contributed by atoms with van der Waals surface area (Å²) in [6, 6.07) is 0. The summed E-state index contributed by atoms with van der Waals surface area (Å²) in [6.07, 6.45) is 5.22. The van der Waals surface area contributed by atoms with Crippen LogP contribution in [-0.4, -0.2) is 30.0 Å². The Kier molecular flexibility index (Phi) is 6.63. The van der Waals surface area contributed by atoms with Gasteiger partial charge >= 0.3 is 0 Å². The molecule has 18 heavy (non-hydrogen) atoms. The highest BCUT2D eigenvalue weighted by molar-refractivity contribution is 7.14. The lowest BCUT2D eigenvalue weighted by molar-refractivity contribution is -0.105. The van der Waals surface area contributed by atoms with E-state index in [1.54, 1.807) is 11.7 Å². The predicted octanol–water partition coefficient (Wildman–Crippen LogP) is 1.73. The Labute approximate surface area is 109 Å². The van der Waals surface area contributed by atoms with Gasteiger partial charge in [-0.1, -0.05) is 24.9 Å². The van der Waals surface area contributed by atoms with Gasteiger partial charge in [0.1, 0.15) is 12.3 Å². The molecule has 6 nitrogen and oxygen atoms in total. The van der Waals surface area contributed by atoms with Crippen molar-refractivity contribution < 1.29 is 14.4 Å². The molecule has 0 saturated carbocycles. The minimum absolute atomic E-state index is 0.00157. The summed E-state index contributed by atoms with van der Waals surface area (Å²) in [5.41, 5.74) is 0.344. The highest BCUT2D eigenvalue weighted by atomic mass is 32.1. The van der Waals surface area contributed by atoms with E-state index in [0.29, 0.717) is 23.8 Å². The molecule has 0 aromatic carbocycles. The van der Waals surface area contributed by atoms with E-state index in [9.17, 15) is 9.59 Å². The number of hydrogen-bond acceptors (Lipinski definition) is 6. The molecule has 0 fully saturated rings. The first-order valence-electron chi connectivity index (χ1n) is 5.56. The first kappa shape index (κ1) is 14.3. The van der Waals surface area contributed by atoms with Gasteiger partial charge in [0.2, 0.25) is 6.41 Å². The van der Waals surface area contributed by atoms with Crippen molar-refractivity contribution in [2.45, 2.75) is 26.2 Å². The van der Waals surface area contributed by atoms with E-state index in [4.69, 9.17) is 4.84 Å². The third-order valence-corrected chi connectivity index (χ3v) is 2.79. The lowest BCUT2D eigenvalue weighted by atomic mass is 10.3. The van der Waals surface area contributed by atoms with E-state index in [1.165, 1.54) is 11.3 Å². The number of hydrogen-bond donors (Lipinski definition) is 1. The zero-order chi connectivity index (χ0) is 13.2. The van der Waals surface area contributed by atoms with Gasteiger partial charge in [-0.3, -0.25) is 9.59 Å². The van der Waals surface area contributed by atoms with Crippen molar-refractivity contribution in [2.24, 2.45) is 5.16 Å². The molecule has 1 N–H and O–H groups in total. The first-order chi connectivity index (χ1) is 8.81. The number of carbonyl (C=O) groups excluding carboxylic acids is 2. The minimum Gasteiger partial charge on any atom is -0.395 e. The lowest BCUT2D eigenvalue weighted by Crippen LogP contribution is -2.05. The number of anilines is 1. The molecule has 0 aliphatic carbocycles. The number of rotatable bonds is 9. The third kappa shape index (κ3) is 4.62. The monoisotopic (exact) mass is 268 g/mol. The van der Waals surface area contributed by atoms with Crippen LogP contribution in [0.5, 0.6) is 0 Å². The fourth-order valence-electron chi connectivity index (χ4n) is 1.14. The third-order valence-electron chi connectivity index (χ3n) is 2.02. The van der Waals surface area contributed by atoms with Gasteiger partial charge in [-0.05, 0) is 6.42 Å². The molecule has 0 saturated heterocycles. The van der Waals surface area contributed by atoms with Crippen molar-refractivity contribution in [3.05, 3.63) is 11.1 Å². The van der Waals surface area contributed by atoms with Crippen LogP contribution in [0.4, 0.5) is 5.13 Å². The summed E-state index contributed by atoms with van der Waals surface area (Å²) in [5, 5.41) is 8.07. The second-order valence-electron chi connectivity index (χ2n) is 3.38. The summed E-state index contributed by atoms with van der Waals surface area (Å²) in [6.45, 7) is 2.55. The van der Waals surface area contributed by atoms with E-state index < -0.39 is 0 Å². The number of amides is 1. The van der Waals surface area contributed by atoms with Crippen LogP contribution in [0, 0.1) is 0 Å². The fourth-order valence-corrected chi connectivity index (χ4v) is 1.80. The van der Waals surface area contributed by atoms with Gasteiger partial charge in [0.15, 0.2) is 10.8 Å². The number of aromatic nitrogens is 1. The molecule has 0 bridgehead atoms. The van der Waals surface area contributed by atoms with E-state index >= 15 is 0 Å². The molecule has 0 spiro atoms. The first-order valence-corrected chi connectivity index (χ1v) is 6.44. The molecular formula is C11H14N3O3S. The van der Waals surface area contributed by atoms with Crippen molar-refractivity contribution in [2.75, 3.05) is 11.9 Å². The second kappa shape index (κ2) is 8.35. The average molecular weight is 268 g/mol. The molecule has 1 aromatic rings. The van der Waals surface area contributed by atoms with Gasteiger partial charge in [-0.25, -0.2) is 4.98 Å². The van der Waals surface area contributed by atoms with E-state index in [-0.39, 0.29) is 5.71 Å². The SMILES string of the molecule is CCCCCON=C([C]=O)c1csc(NC=O)n1. The van der Waals surface area contributed by atoms with Gasteiger partial charge < -0.3 is 10.2 Å². The smallest absolute Gasteiger partial charge is 0.259 e. The Morgan fingerprint density at radius 2 is 2.50 bits per heavy atom. The summed E-state index contributed by atoms with van der Waals surface area (Å²) < 4.78 is 0. The largest absolute Gasteiger partial charge is 0.395 e. The standard InChI is InChI=1S/C11H14N3O3S/c1-2-3-4-5-17-14-9(6-15)10-7-18-11(13-10)12-8-16/h7-8H,2-5H2,1H3,(H,12,13,16). The minimum atomic E-state index is 0.00157. The number of nitrogens with one attached hydrogen (secondary N) is 1. The Morgan fingerprint density at radius 3 is 3.17 bits per heavy atom. The van der Waals surface area contributed by atoms with Crippen LogP contribution in [0.2, 0.25) is 0 Å². The van der Waals surface area contributed by atoms with Crippen molar-refractivity contribution >= 4 is 34.9 Å². The quantitative estimate of drug-likeness (QED) is 0.320. The van der Waals surface area contributed by atoms with Gasteiger partial charge in [0.05, 0.1) is 0 Å². The number of oxime groups is 1. The molecule has 1 amide bonds. The van der Waals surface area contributed by atoms with E-state index in [0.717, 1.165) is 19.3 Å². The molecular weight excluding hydrogens is 254 g/mol. The lowest BCUT2D eigenvalue weighted by Gasteiger charge is -1.98. The average Bonchev–Trinajstić information content (AvgIpc) is 2.83. The Morgan fingerprint density at radius 1 is 1.67 bits per heavy atom. The molecule has 0 unspecified atom stereocenters. The maximum Gasteiger partial charge on any atom is 0.259 e. The zero-order valence-corrected chi connectivity index (χ0v) is 10.8. The highest BCUT2D eigenvalue weighted by Gasteiger charge is 2.09. The van der Waals surface area contributed by atoms with Gasteiger partial charge in [-0.2, -0.15) is 0 Å². The van der Waals surface area contributed by atoms with E-state index in [1.807, 2.05) is 0 Å². The molecule has 0 aliphatic heterocycles. The number of thiazole rings is 1. The van der Waals surface area contributed by atoms with Crippen LogP contribution in [0.25, 0.3) is 0 Å². The summed E-state index contributed by atoms with van der Waals surface area (Å²) in [4.78, 5) is 30.0.